The van der Waals surface area contributed by atoms with Crippen molar-refractivity contribution in [3.8, 4) is 0 Å². The van der Waals surface area contributed by atoms with Gasteiger partial charge in [0.25, 0.3) is 0 Å². The summed E-state index contributed by atoms with van der Waals surface area (Å²) in [7, 11) is 0. The van der Waals surface area contributed by atoms with Crippen LogP contribution in [0.1, 0.15) is 85.0 Å². The molecule has 0 fully saturated rings. The molecule has 0 aromatic rings. The standard InChI is InChI=1S/C18H37NO3/c1-4-6-8-10-12-18(3,13-11-9-7-5-2)15-19-16(14-20)17(21)22/h16,19-20H,4-15H2,1-3H3,(H,21,22). The van der Waals surface area contributed by atoms with E-state index in [1.807, 2.05) is 0 Å². The number of rotatable bonds is 15. The first kappa shape index (κ1) is 21.4. The number of hydrogen-bond acceptors (Lipinski definition) is 3. The zero-order valence-electron chi connectivity index (χ0n) is 14.9. The number of unbranched alkanes of at least 4 members (excludes halogenated alkanes) is 6. The third-order valence-electron chi connectivity index (χ3n) is 4.52. The lowest BCUT2D eigenvalue weighted by Gasteiger charge is -2.31. The SMILES string of the molecule is CCCCCCC(C)(CCCCCC)CNC(CO)C(=O)O. The highest BCUT2D eigenvalue weighted by molar-refractivity contribution is 5.73. The molecule has 4 heteroatoms. The second-order valence-corrected chi connectivity index (χ2v) is 6.89. The van der Waals surface area contributed by atoms with Gasteiger partial charge in [0.2, 0.25) is 0 Å². The summed E-state index contributed by atoms with van der Waals surface area (Å²) >= 11 is 0. The number of aliphatic hydroxyl groups excluding tert-OH is 1. The number of hydrogen-bond donors (Lipinski definition) is 3. The van der Waals surface area contributed by atoms with Gasteiger partial charge in [-0.05, 0) is 18.3 Å². The molecule has 0 heterocycles. The van der Waals surface area contributed by atoms with Gasteiger partial charge in [-0.25, -0.2) is 0 Å². The summed E-state index contributed by atoms with van der Waals surface area (Å²) in [4.78, 5) is 11.0. The quantitative estimate of drug-likeness (QED) is 0.400. The van der Waals surface area contributed by atoms with Crippen molar-refractivity contribution >= 4 is 5.97 Å². The molecule has 3 N–H and O–H groups in total. The van der Waals surface area contributed by atoms with Crippen molar-refractivity contribution in [2.75, 3.05) is 13.2 Å². The van der Waals surface area contributed by atoms with Crippen molar-refractivity contribution in [3.63, 3.8) is 0 Å². The van der Waals surface area contributed by atoms with Crippen molar-refractivity contribution in [2.45, 2.75) is 91.0 Å². The zero-order chi connectivity index (χ0) is 16.8. The second kappa shape index (κ2) is 12.9. The van der Waals surface area contributed by atoms with E-state index in [9.17, 15) is 4.79 Å². The molecular formula is C18H37NO3. The smallest absolute Gasteiger partial charge is 0.323 e. The summed E-state index contributed by atoms with van der Waals surface area (Å²) < 4.78 is 0. The Balaban J connectivity index is 4.37. The maximum atomic E-state index is 11.0. The molecule has 0 aliphatic carbocycles. The van der Waals surface area contributed by atoms with Gasteiger partial charge in [-0.1, -0.05) is 72.1 Å². The molecule has 0 aromatic carbocycles. The minimum Gasteiger partial charge on any atom is -0.480 e. The van der Waals surface area contributed by atoms with Crippen LogP contribution >= 0.6 is 0 Å². The van der Waals surface area contributed by atoms with E-state index >= 15 is 0 Å². The van der Waals surface area contributed by atoms with Gasteiger partial charge in [0.15, 0.2) is 0 Å². The molecule has 0 aliphatic heterocycles. The number of aliphatic carboxylic acids is 1. The van der Waals surface area contributed by atoms with Gasteiger partial charge < -0.3 is 15.5 Å². The molecular weight excluding hydrogens is 278 g/mol. The van der Waals surface area contributed by atoms with E-state index in [2.05, 4.69) is 26.1 Å². The molecule has 132 valence electrons. The highest BCUT2D eigenvalue weighted by Gasteiger charge is 2.26. The van der Waals surface area contributed by atoms with E-state index in [1.54, 1.807) is 0 Å². The predicted molar refractivity (Wildman–Crippen MR) is 92.1 cm³/mol. The Morgan fingerprint density at radius 2 is 1.50 bits per heavy atom. The highest BCUT2D eigenvalue weighted by atomic mass is 16.4. The molecule has 0 amide bonds. The summed E-state index contributed by atoms with van der Waals surface area (Å²) in [6.45, 7) is 7.00. The monoisotopic (exact) mass is 315 g/mol. The molecule has 0 rings (SSSR count). The topological polar surface area (TPSA) is 69.6 Å². The summed E-state index contributed by atoms with van der Waals surface area (Å²) in [5, 5.41) is 21.2. The van der Waals surface area contributed by atoms with Crippen LogP contribution in [0.3, 0.4) is 0 Å². The fourth-order valence-corrected chi connectivity index (χ4v) is 2.86. The van der Waals surface area contributed by atoms with Crippen LogP contribution < -0.4 is 5.32 Å². The Hall–Kier alpha value is -0.610. The molecule has 0 radical (unpaired) electrons. The number of carboxylic acid groups (broad SMARTS) is 1. The van der Waals surface area contributed by atoms with E-state index in [0.717, 1.165) is 12.8 Å². The molecule has 22 heavy (non-hydrogen) atoms. The van der Waals surface area contributed by atoms with Crippen LogP contribution in [-0.2, 0) is 4.79 Å². The zero-order valence-corrected chi connectivity index (χ0v) is 14.9. The van der Waals surface area contributed by atoms with Crippen molar-refractivity contribution in [1.29, 1.82) is 0 Å². The van der Waals surface area contributed by atoms with Gasteiger partial charge in [-0.15, -0.1) is 0 Å². The Labute approximate surface area is 136 Å². The average molecular weight is 315 g/mol. The lowest BCUT2D eigenvalue weighted by atomic mass is 9.79. The normalized spacial score (nSPS) is 13.3. The number of carbonyl (C=O) groups is 1. The van der Waals surface area contributed by atoms with Crippen molar-refractivity contribution in [2.24, 2.45) is 5.41 Å². The molecule has 4 nitrogen and oxygen atoms in total. The lowest BCUT2D eigenvalue weighted by Crippen LogP contribution is -2.44. The summed E-state index contributed by atoms with van der Waals surface area (Å²) in [5.74, 6) is -0.971. The van der Waals surface area contributed by atoms with Crippen LogP contribution in [0.4, 0.5) is 0 Å². The molecule has 0 aromatic heterocycles. The van der Waals surface area contributed by atoms with Gasteiger partial charge in [-0.3, -0.25) is 4.79 Å². The predicted octanol–water partition coefficient (Wildman–Crippen LogP) is 3.97. The first-order valence-electron chi connectivity index (χ1n) is 9.06. The van der Waals surface area contributed by atoms with Gasteiger partial charge in [0.05, 0.1) is 6.61 Å². The summed E-state index contributed by atoms with van der Waals surface area (Å²) in [6.07, 6.45) is 12.2. The Bertz CT molecular complexity index is 270. The Morgan fingerprint density at radius 1 is 1.00 bits per heavy atom. The third kappa shape index (κ3) is 10.2. The first-order valence-corrected chi connectivity index (χ1v) is 9.06. The van der Waals surface area contributed by atoms with Gasteiger partial charge in [0, 0.05) is 6.54 Å². The third-order valence-corrected chi connectivity index (χ3v) is 4.52. The largest absolute Gasteiger partial charge is 0.480 e. The summed E-state index contributed by atoms with van der Waals surface area (Å²) in [5.41, 5.74) is 0.129. The molecule has 1 unspecified atom stereocenters. The van der Waals surface area contributed by atoms with Gasteiger partial charge in [-0.2, -0.15) is 0 Å². The molecule has 1 atom stereocenters. The van der Waals surface area contributed by atoms with Crippen molar-refractivity contribution in [3.05, 3.63) is 0 Å². The van der Waals surface area contributed by atoms with Gasteiger partial charge in [0.1, 0.15) is 6.04 Å². The molecule has 0 aliphatic rings. The van der Waals surface area contributed by atoms with Crippen LogP contribution in [0, 0.1) is 5.41 Å². The maximum Gasteiger partial charge on any atom is 0.323 e. The van der Waals surface area contributed by atoms with Crippen LogP contribution in [0.25, 0.3) is 0 Å². The fraction of sp³-hybridized carbons (Fsp3) is 0.944. The molecule has 0 saturated carbocycles. The van der Waals surface area contributed by atoms with E-state index in [4.69, 9.17) is 10.2 Å². The van der Waals surface area contributed by atoms with Gasteiger partial charge >= 0.3 is 5.97 Å². The van der Waals surface area contributed by atoms with Crippen LogP contribution in [-0.4, -0.2) is 35.4 Å². The minimum absolute atomic E-state index is 0.129. The van der Waals surface area contributed by atoms with E-state index < -0.39 is 12.0 Å². The lowest BCUT2D eigenvalue weighted by molar-refractivity contribution is -0.140. The van der Waals surface area contributed by atoms with Crippen molar-refractivity contribution in [1.82, 2.24) is 5.32 Å². The number of aliphatic hydroxyl groups is 1. The van der Waals surface area contributed by atoms with E-state index in [1.165, 1.54) is 51.4 Å². The Morgan fingerprint density at radius 3 is 1.86 bits per heavy atom. The van der Waals surface area contributed by atoms with E-state index in [0.29, 0.717) is 6.54 Å². The average Bonchev–Trinajstić information content (AvgIpc) is 2.49. The van der Waals surface area contributed by atoms with Crippen LogP contribution in [0.5, 0.6) is 0 Å². The fourth-order valence-electron chi connectivity index (χ4n) is 2.86. The molecule has 0 spiro atoms. The first-order chi connectivity index (χ1) is 10.5. The van der Waals surface area contributed by atoms with Crippen molar-refractivity contribution < 1.29 is 15.0 Å². The molecule has 0 saturated heterocycles. The van der Waals surface area contributed by atoms with E-state index in [-0.39, 0.29) is 12.0 Å². The maximum absolute atomic E-state index is 11.0. The van der Waals surface area contributed by atoms with Crippen LogP contribution in [0.15, 0.2) is 0 Å². The minimum atomic E-state index is -0.971. The number of carboxylic acids is 1. The highest BCUT2D eigenvalue weighted by Crippen LogP contribution is 2.31. The second-order valence-electron chi connectivity index (χ2n) is 6.89. The Kier molecular flexibility index (Phi) is 12.5. The summed E-state index contributed by atoms with van der Waals surface area (Å²) in [6, 6.07) is -0.842. The molecule has 0 bridgehead atoms. The van der Waals surface area contributed by atoms with Crippen LogP contribution in [0.2, 0.25) is 0 Å². The number of nitrogens with one attached hydrogen (secondary N) is 1.